The average molecular weight is 175 g/mol. The summed E-state index contributed by atoms with van der Waals surface area (Å²) in [6.45, 7) is 5.81. The molecule has 0 saturated carbocycles. The van der Waals surface area contributed by atoms with Gasteiger partial charge in [0.1, 0.15) is 0 Å². The summed E-state index contributed by atoms with van der Waals surface area (Å²) < 4.78 is 0. The van der Waals surface area contributed by atoms with Gasteiger partial charge in [-0.05, 0) is 18.1 Å². The molecule has 2 heteroatoms. The highest BCUT2D eigenvalue weighted by molar-refractivity contribution is 5.86. The molecule has 13 heavy (non-hydrogen) atoms. The van der Waals surface area contributed by atoms with Crippen LogP contribution in [0.2, 0.25) is 0 Å². The number of carbonyl (C=O) groups is 1. The third-order valence-corrected chi connectivity index (χ3v) is 1.85. The van der Waals surface area contributed by atoms with E-state index in [4.69, 9.17) is 5.73 Å². The molecule has 0 aliphatic heterocycles. The van der Waals surface area contributed by atoms with Gasteiger partial charge in [-0.2, -0.15) is 0 Å². The fourth-order valence-electron chi connectivity index (χ4n) is 1.10. The minimum absolute atomic E-state index is 0.225. The molecule has 0 unspecified atom stereocenters. The number of benzene rings is 1. The van der Waals surface area contributed by atoms with Gasteiger partial charge in [0.05, 0.1) is 6.42 Å². The van der Waals surface area contributed by atoms with Crippen LogP contribution < -0.4 is 5.73 Å². The smallest absolute Gasteiger partial charge is 0.221 e. The van der Waals surface area contributed by atoms with Crippen molar-refractivity contribution < 1.29 is 4.79 Å². The Morgan fingerprint density at radius 1 is 1.38 bits per heavy atom. The number of nitrogens with two attached hydrogens (primary N) is 1. The molecule has 1 amide bonds. The predicted molar refractivity (Wildman–Crippen MR) is 54.0 cm³/mol. The molecule has 0 heterocycles. The summed E-state index contributed by atoms with van der Waals surface area (Å²) in [6, 6.07) is 7.87. The SMILES string of the molecule is C=C(CC(N)=O)c1ccc(C)cc1. The lowest BCUT2D eigenvalue weighted by Gasteiger charge is -2.03. The van der Waals surface area contributed by atoms with E-state index in [2.05, 4.69) is 6.58 Å². The topological polar surface area (TPSA) is 43.1 Å². The lowest BCUT2D eigenvalue weighted by molar-refractivity contribution is -0.117. The quantitative estimate of drug-likeness (QED) is 0.748. The Balaban J connectivity index is 2.78. The van der Waals surface area contributed by atoms with Crippen LogP contribution in [-0.2, 0) is 4.79 Å². The zero-order chi connectivity index (χ0) is 9.84. The second kappa shape index (κ2) is 3.90. The number of aryl methyl sites for hydroxylation is 1. The number of primary amides is 1. The van der Waals surface area contributed by atoms with Gasteiger partial charge in [0, 0.05) is 0 Å². The first-order chi connectivity index (χ1) is 6.09. The van der Waals surface area contributed by atoms with Crippen molar-refractivity contribution in [2.45, 2.75) is 13.3 Å². The molecule has 0 radical (unpaired) electrons. The summed E-state index contributed by atoms with van der Waals surface area (Å²) in [4.78, 5) is 10.6. The first-order valence-electron chi connectivity index (χ1n) is 4.12. The van der Waals surface area contributed by atoms with Gasteiger partial charge in [-0.25, -0.2) is 0 Å². The van der Waals surface area contributed by atoms with Gasteiger partial charge in [0.15, 0.2) is 0 Å². The maximum absolute atomic E-state index is 10.6. The van der Waals surface area contributed by atoms with Crippen molar-refractivity contribution >= 4 is 11.5 Å². The molecular formula is C11H13NO. The van der Waals surface area contributed by atoms with Crippen molar-refractivity contribution in [3.8, 4) is 0 Å². The molecule has 1 aromatic rings. The third-order valence-electron chi connectivity index (χ3n) is 1.85. The molecule has 68 valence electrons. The van der Waals surface area contributed by atoms with Gasteiger partial charge in [-0.3, -0.25) is 4.79 Å². The van der Waals surface area contributed by atoms with Crippen LogP contribution in [-0.4, -0.2) is 5.91 Å². The van der Waals surface area contributed by atoms with Gasteiger partial charge >= 0.3 is 0 Å². The van der Waals surface area contributed by atoms with Gasteiger partial charge in [-0.15, -0.1) is 0 Å². The van der Waals surface area contributed by atoms with E-state index in [1.807, 2.05) is 31.2 Å². The number of carbonyl (C=O) groups excluding carboxylic acids is 1. The lowest BCUT2D eigenvalue weighted by atomic mass is 10.0. The first-order valence-corrected chi connectivity index (χ1v) is 4.12. The van der Waals surface area contributed by atoms with E-state index >= 15 is 0 Å². The van der Waals surface area contributed by atoms with Crippen molar-refractivity contribution in [1.29, 1.82) is 0 Å². The van der Waals surface area contributed by atoms with Gasteiger partial charge in [-0.1, -0.05) is 36.4 Å². The number of rotatable bonds is 3. The average Bonchev–Trinajstić information content (AvgIpc) is 2.04. The minimum atomic E-state index is -0.342. The maximum Gasteiger partial charge on any atom is 0.221 e. The predicted octanol–water partition coefficient (Wildman–Crippen LogP) is 1.88. The van der Waals surface area contributed by atoms with E-state index in [0.717, 1.165) is 11.1 Å². The van der Waals surface area contributed by atoms with Crippen LogP contribution in [0.5, 0.6) is 0 Å². The molecule has 0 fully saturated rings. The normalized spacial score (nSPS) is 9.62. The molecule has 0 saturated heterocycles. The Hall–Kier alpha value is -1.57. The van der Waals surface area contributed by atoms with Crippen LogP contribution >= 0.6 is 0 Å². The van der Waals surface area contributed by atoms with Crippen LogP contribution in [0.1, 0.15) is 17.5 Å². The van der Waals surface area contributed by atoms with Crippen LogP contribution in [0.15, 0.2) is 30.8 Å². The Morgan fingerprint density at radius 3 is 2.38 bits per heavy atom. The summed E-state index contributed by atoms with van der Waals surface area (Å²) in [7, 11) is 0. The second-order valence-corrected chi connectivity index (χ2v) is 3.11. The van der Waals surface area contributed by atoms with Gasteiger partial charge in [0.25, 0.3) is 0 Å². The standard InChI is InChI=1S/C11H13NO/c1-8-3-5-10(6-4-8)9(2)7-11(12)13/h3-6H,2,7H2,1H3,(H2,12,13). The van der Waals surface area contributed by atoms with Crippen molar-refractivity contribution in [2.24, 2.45) is 5.73 Å². The van der Waals surface area contributed by atoms with Crippen LogP contribution in [0.3, 0.4) is 0 Å². The summed E-state index contributed by atoms with van der Waals surface area (Å²) in [6.07, 6.45) is 0.225. The molecule has 2 N–H and O–H groups in total. The monoisotopic (exact) mass is 175 g/mol. The van der Waals surface area contributed by atoms with Crippen LogP contribution in [0.25, 0.3) is 5.57 Å². The molecule has 0 atom stereocenters. The van der Waals surface area contributed by atoms with Crippen molar-refractivity contribution in [2.75, 3.05) is 0 Å². The van der Waals surface area contributed by atoms with E-state index in [1.54, 1.807) is 0 Å². The van der Waals surface area contributed by atoms with E-state index in [9.17, 15) is 4.79 Å². The zero-order valence-electron chi connectivity index (χ0n) is 7.71. The molecule has 0 bridgehead atoms. The molecule has 0 aliphatic carbocycles. The Bertz CT molecular complexity index is 324. The summed E-state index contributed by atoms with van der Waals surface area (Å²) >= 11 is 0. The number of hydrogen-bond acceptors (Lipinski definition) is 1. The van der Waals surface area contributed by atoms with E-state index in [-0.39, 0.29) is 12.3 Å². The summed E-state index contributed by atoms with van der Waals surface area (Å²) in [5, 5.41) is 0. The molecule has 0 aliphatic rings. The Morgan fingerprint density at radius 2 is 1.92 bits per heavy atom. The summed E-state index contributed by atoms with van der Waals surface area (Å²) in [5.74, 6) is -0.342. The van der Waals surface area contributed by atoms with Crippen molar-refractivity contribution in [3.63, 3.8) is 0 Å². The largest absolute Gasteiger partial charge is 0.369 e. The van der Waals surface area contributed by atoms with Crippen LogP contribution in [0, 0.1) is 6.92 Å². The molecular weight excluding hydrogens is 162 g/mol. The molecule has 2 nitrogen and oxygen atoms in total. The first kappa shape index (κ1) is 9.52. The molecule has 0 spiro atoms. The van der Waals surface area contributed by atoms with E-state index in [0.29, 0.717) is 0 Å². The highest BCUT2D eigenvalue weighted by Crippen LogP contribution is 2.15. The van der Waals surface area contributed by atoms with Gasteiger partial charge in [0.2, 0.25) is 5.91 Å². The number of amides is 1. The van der Waals surface area contributed by atoms with Crippen molar-refractivity contribution in [1.82, 2.24) is 0 Å². The Kier molecular flexibility index (Phi) is 2.85. The minimum Gasteiger partial charge on any atom is -0.369 e. The Labute approximate surface area is 78.1 Å². The van der Waals surface area contributed by atoms with E-state index in [1.165, 1.54) is 5.56 Å². The maximum atomic E-state index is 10.6. The lowest BCUT2D eigenvalue weighted by Crippen LogP contribution is -2.10. The zero-order valence-corrected chi connectivity index (χ0v) is 7.71. The number of hydrogen-bond donors (Lipinski definition) is 1. The van der Waals surface area contributed by atoms with Gasteiger partial charge < -0.3 is 5.73 Å². The fraction of sp³-hybridized carbons (Fsp3) is 0.182. The molecule has 0 aromatic heterocycles. The molecule has 1 aromatic carbocycles. The highest BCUT2D eigenvalue weighted by atomic mass is 16.1. The van der Waals surface area contributed by atoms with Crippen molar-refractivity contribution in [3.05, 3.63) is 42.0 Å². The highest BCUT2D eigenvalue weighted by Gasteiger charge is 2.01. The second-order valence-electron chi connectivity index (χ2n) is 3.11. The molecule has 1 rings (SSSR count). The van der Waals surface area contributed by atoms with Crippen LogP contribution in [0.4, 0.5) is 0 Å². The fourth-order valence-corrected chi connectivity index (χ4v) is 1.10. The summed E-state index contributed by atoms with van der Waals surface area (Å²) in [5.41, 5.74) is 8.00. The third kappa shape index (κ3) is 2.75. The van der Waals surface area contributed by atoms with E-state index < -0.39 is 0 Å².